The van der Waals surface area contributed by atoms with Crippen molar-refractivity contribution in [3.05, 3.63) is 12.2 Å². The lowest BCUT2D eigenvalue weighted by molar-refractivity contribution is -0.137. The summed E-state index contributed by atoms with van der Waals surface area (Å²) in [6.45, 7) is 4.78. The number of aliphatic hydroxyl groups is 1. The Kier molecular flexibility index (Phi) is 11.5. The maximum absolute atomic E-state index is 12.1. The maximum Gasteiger partial charge on any atom is 0.303 e. The molecule has 1 amide bonds. The van der Waals surface area contributed by atoms with Gasteiger partial charge in [-0.2, -0.15) is 0 Å². The number of carbonyl (C=O) groups is 2. The van der Waals surface area contributed by atoms with Crippen LogP contribution < -0.4 is 0 Å². The van der Waals surface area contributed by atoms with Crippen molar-refractivity contribution in [3.63, 3.8) is 0 Å². The van der Waals surface area contributed by atoms with Crippen LogP contribution in [0.2, 0.25) is 0 Å². The Morgan fingerprint density at radius 3 is 2.67 bits per heavy atom. The van der Waals surface area contributed by atoms with Crippen molar-refractivity contribution in [2.45, 2.75) is 90.2 Å². The van der Waals surface area contributed by atoms with E-state index in [0.717, 1.165) is 38.5 Å². The zero-order valence-electron chi connectivity index (χ0n) is 16.8. The van der Waals surface area contributed by atoms with Crippen molar-refractivity contribution in [2.75, 3.05) is 6.54 Å². The first kappa shape index (κ1) is 23.2. The lowest BCUT2D eigenvalue weighted by atomic mass is 9.95. The molecule has 5 nitrogen and oxygen atoms in total. The Morgan fingerprint density at radius 1 is 1.26 bits per heavy atom. The van der Waals surface area contributed by atoms with Gasteiger partial charge in [-0.25, -0.2) is 0 Å². The van der Waals surface area contributed by atoms with Gasteiger partial charge in [0.1, 0.15) is 0 Å². The second-order valence-corrected chi connectivity index (χ2v) is 7.21. The lowest BCUT2D eigenvalue weighted by Crippen LogP contribution is -2.33. The van der Waals surface area contributed by atoms with Gasteiger partial charge in [0.05, 0.1) is 12.1 Å². The van der Waals surface area contributed by atoms with E-state index < -0.39 is 12.1 Å². The van der Waals surface area contributed by atoms with Crippen LogP contribution in [0.5, 0.6) is 0 Å². The van der Waals surface area contributed by atoms with Crippen LogP contribution in [0.25, 0.3) is 0 Å². The average Bonchev–Trinajstić information content (AvgIpc) is 2.99. The number of hydrogen-bond acceptors (Lipinski definition) is 3. The van der Waals surface area contributed by atoms with Crippen molar-refractivity contribution in [3.8, 4) is 11.8 Å². The molecule has 0 aromatic rings. The number of amides is 1. The summed E-state index contributed by atoms with van der Waals surface area (Å²) in [5.41, 5.74) is 0. The van der Waals surface area contributed by atoms with E-state index in [-0.39, 0.29) is 24.3 Å². The zero-order chi connectivity index (χ0) is 20.1. The van der Waals surface area contributed by atoms with Gasteiger partial charge in [0, 0.05) is 32.2 Å². The highest BCUT2D eigenvalue weighted by Gasteiger charge is 2.28. The van der Waals surface area contributed by atoms with Crippen LogP contribution in [0.15, 0.2) is 12.2 Å². The molecule has 5 heteroatoms. The van der Waals surface area contributed by atoms with Crippen LogP contribution in [0.1, 0.15) is 78.1 Å². The molecular weight excluding hydrogens is 342 g/mol. The van der Waals surface area contributed by atoms with Crippen LogP contribution in [-0.4, -0.2) is 45.7 Å². The fraction of sp³-hybridized carbons (Fsp3) is 0.727. The zero-order valence-corrected chi connectivity index (χ0v) is 16.8. The van der Waals surface area contributed by atoms with Crippen LogP contribution in [-0.2, 0) is 9.59 Å². The first-order valence-electron chi connectivity index (χ1n) is 10.3. The molecule has 1 aliphatic heterocycles. The summed E-state index contributed by atoms with van der Waals surface area (Å²) in [4.78, 5) is 24.5. The Balaban J connectivity index is 2.45. The van der Waals surface area contributed by atoms with Crippen LogP contribution in [0.4, 0.5) is 0 Å². The van der Waals surface area contributed by atoms with Gasteiger partial charge in [-0.3, -0.25) is 9.59 Å². The quantitative estimate of drug-likeness (QED) is 0.308. The molecule has 1 rings (SSSR count). The lowest BCUT2D eigenvalue weighted by Gasteiger charge is -2.23. The smallest absolute Gasteiger partial charge is 0.303 e. The van der Waals surface area contributed by atoms with Gasteiger partial charge in [-0.1, -0.05) is 38.8 Å². The fourth-order valence-electron chi connectivity index (χ4n) is 3.39. The number of hydrogen-bond donors (Lipinski definition) is 2. The van der Waals surface area contributed by atoms with Gasteiger partial charge in [0.25, 0.3) is 0 Å². The van der Waals surface area contributed by atoms with Crippen LogP contribution in [0.3, 0.4) is 0 Å². The molecule has 27 heavy (non-hydrogen) atoms. The van der Waals surface area contributed by atoms with Gasteiger partial charge in [-0.05, 0) is 31.6 Å². The van der Waals surface area contributed by atoms with Crippen LogP contribution in [0, 0.1) is 17.8 Å². The molecule has 0 radical (unpaired) electrons. The molecule has 152 valence electrons. The minimum Gasteiger partial charge on any atom is -0.481 e. The van der Waals surface area contributed by atoms with E-state index in [1.807, 2.05) is 24.0 Å². The summed E-state index contributed by atoms with van der Waals surface area (Å²) in [5, 5.41) is 19.1. The normalized spacial score (nSPS) is 19.1. The molecule has 2 N–H and O–H groups in total. The number of unbranched alkanes of at least 4 members (excludes halogenated alkanes) is 3. The molecule has 1 fully saturated rings. The molecule has 0 saturated carbocycles. The van der Waals surface area contributed by atoms with Gasteiger partial charge in [-0.15, -0.1) is 11.8 Å². The topological polar surface area (TPSA) is 77.8 Å². The second-order valence-electron chi connectivity index (χ2n) is 7.21. The first-order valence-corrected chi connectivity index (χ1v) is 10.3. The number of carboxylic acid groups (broad SMARTS) is 1. The van der Waals surface area contributed by atoms with E-state index in [9.17, 15) is 14.7 Å². The van der Waals surface area contributed by atoms with Crippen molar-refractivity contribution in [2.24, 2.45) is 5.92 Å². The third-order valence-corrected chi connectivity index (χ3v) is 5.12. The minimum atomic E-state index is -0.750. The van der Waals surface area contributed by atoms with E-state index in [2.05, 4.69) is 18.8 Å². The molecule has 1 unspecified atom stereocenters. The highest BCUT2D eigenvalue weighted by Crippen LogP contribution is 2.22. The number of nitrogens with zero attached hydrogens (tertiary/aromatic N) is 1. The predicted molar refractivity (Wildman–Crippen MR) is 107 cm³/mol. The Morgan fingerprint density at radius 2 is 2.00 bits per heavy atom. The van der Waals surface area contributed by atoms with Crippen molar-refractivity contribution < 1.29 is 19.8 Å². The highest BCUT2D eigenvalue weighted by molar-refractivity contribution is 5.79. The van der Waals surface area contributed by atoms with E-state index in [1.54, 1.807) is 0 Å². The second kappa shape index (κ2) is 13.4. The van der Waals surface area contributed by atoms with Crippen LogP contribution >= 0.6 is 0 Å². The molecule has 0 aromatic carbocycles. The average molecular weight is 378 g/mol. The predicted octanol–water partition coefficient (Wildman–Crippen LogP) is 3.76. The standard InChI is InChI=1S/C22H35NO4/c1-3-5-8-11-18(4-2)20(24)15-13-19-14-16-21(25)23(19)17-10-7-6-9-12-22(26)27/h13,15,18-20,24H,3-4,6-7,9-12,14,16-17H2,1-2H3,(H,26,27)/t18-,19?,20+/m0/s1. The third-order valence-electron chi connectivity index (χ3n) is 5.12. The minimum absolute atomic E-state index is 0.0606. The van der Waals surface area contributed by atoms with Crippen molar-refractivity contribution in [1.82, 2.24) is 4.90 Å². The molecule has 1 saturated heterocycles. The van der Waals surface area contributed by atoms with E-state index in [1.165, 1.54) is 0 Å². The summed E-state index contributed by atoms with van der Waals surface area (Å²) >= 11 is 0. The molecule has 1 heterocycles. The van der Waals surface area contributed by atoms with E-state index in [0.29, 0.717) is 25.8 Å². The Bertz CT molecular complexity index is 546. The highest BCUT2D eigenvalue weighted by atomic mass is 16.4. The summed E-state index contributed by atoms with van der Waals surface area (Å²) in [7, 11) is 0. The Labute approximate surface area is 163 Å². The number of rotatable bonds is 12. The number of carbonyl (C=O) groups excluding carboxylic acids is 1. The molecule has 0 bridgehead atoms. The molecule has 0 spiro atoms. The summed E-state index contributed by atoms with van der Waals surface area (Å²) in [5.74, 6) is 5.71. The van der Waals surface area contributed by atoms with Gasteiger partial charge < -0.3 is 15.1 Å². The van der Waals surface area contributed by atoms with Gasteiger partial charge >= 0.3 is 5.97 Å². The molecule has 3 atom stereocenters. The number of likely N-dealkylation sites (tertiary alicyclic amines) is 1. The first-order chi connectivity index (χ1) is 13.0. The third kappa shape index (κ3) is 9.10. The SMILES string of the molecule is CCC#CC[C@H](CC)[C@H](O)C=CC1CCC(=O)N1CCCCCCC(=O)O. The molecule has 0 aromatic heterocycles. The maximum atomic E-state index is 12.1. The van der Waals surface area contributed by atoms with Crippen molar-refractivity contribution in [1.29, 1.82) is 0 Å². The van der Waals surface area contributed by atoms with Gasteiger partial charge in [0.15, 0.2) is 0 Å². The van der Waals surface area contributed by atoms with Gasteiger partial charge in [0.2, 0.25) is 5.91 Å². The molecular formula is C22H35NO4. The monoisotopic (exact) mass is 377 g/mol. The summed E-state index contributed by atoms with van der Waals surface area (Å²) in [6.07, 6.45) is 10.7. The molecule has 0 aliphatic carbocycles. The fourth-order valence-corrected chi connectivity index (χ4v) is 3.39. The summed E-state index contributed by atoms with van der Waals surface area (Å²) < 4.78 is 0. The van der Waals surface area contributed by atoms with Crippen molar-refractivity contribution >= 4 is 11.9 Å². The molecule has 1 aliphatic rings. The summed E-state index contributed by atoms with van der Waals surface area (Å²) in [6, 6.07) is 0.0606. The number of carboxylic acids is 1. The number of aliphatic carboxylic acids is 1. The number of aliphatic hydroxyl groups excluding tert-OH is 1. The largest absolute Gasteiger partial charge is 0.481 e. The Hall–Kier alpha value is -1.80. The van der Waals surface area contributed by atoms with E-state index >= 15 is 0 Å². The van der Waals surface area contributed by atoms with E-state index in [4.69, 9.17) is 5.11 Å².